The van der Waals surface area contributed by atoms with E-state index in [0.29, 0.717) is 24.3 Å². The molecule has 3 amide bonds. The van der Waals surface area contributed by atoms with Crippen molar-refractivity contribution in [3.05, 3.63) is 48.5 Å². The van der Waals surface area contributed by atoms with Crippen molar-refractivity contribution in [1.82, 2.24) is 15.3 Å². The number of urea groups is 1. The van der Waals surface area contributed by atoms with Gasteiger partial charge in [-0.25, -0.2) is 14.8 Å². The van der Waals surface area contributed by atoms with Crippen molar-refractivity contribution in [2.24, 2.45) is 0 Å². The summed E-state index contributed by atoms with van der Waals surface area (Å²) >= 11 is 0. The van der Waals surface area contributed by atoms with Gasteiger partial charge in [0.25, 0.3) is 5.91 Å². The number of carbonyl (C=O) groups excluding carboxylic acids is 2. The zero-order chi connectivity index (χ0) is 14.7. The Bertz CT molecular complexity index is 657. The van der Waals surface area contributed by atoms with E-state index in [9.17, 15) is 9.59 Å². The third-order valence-electron chi connectivity index (χ3n) is 3.12. The summed E-state index contributed by atoms with van der Waals surface area (Å²) in [6.45, 7) is 1.29. The summed E-state index contributed by atoms with van der Waals surface area (Å²) in [7, 11) is 0. The lowest BCUT2D eigenvalue weighted by atomic mass is 10.2. The van der Waals surface area contributed by atoms with Crippen LogP contribution in [0, 0.1) is 0 Å². The van der Waals surface area contributed by atoms with Crippen molar-refractivity contribution in [2.75, 3.05) is 23.3 Å². The Morgan fingerprint density at radius 2 is 1.90 bits per heavy atom. The molecule has 106 valence electrons. The smallest absolute Gasteiger partial charge is 0.321 e. The largest absolute Gasteiger partial charge is 0.336 e. The molecule has 1 saturated heterocycles. The molecule has 0 radical (unpaired) electrons. The normalized spacial score (nSPS) is 13.9. The van der Waals surface area contributed by atoms with Gasteiger partial charge in [-0.3, -0.25) is 9.69 Å². The van der Waals surface area contributed by atoms with Crippen molar-refractivity contribution in [1.29, 1.82) is 0 Å². The summed E-state index contributed by atoms with van der Waals surface area (Å²) in [5.74, 6) is -0.276. The number of aromatic nitrogens is 2. The number of hydrogen-bond donors (Lipinski definition) is 2. The highest BCUT2D eigenvalue weighted by atomic mass is 16.2. The van der Waals surface area contributed by atoms with Crippen LogP contribution in [0.3, 0.4) is 0 Å². The summed E-state index contributed by atoms with van der Waals surface area (Å²) in [6, 6.07) is 6.99. The van der Waals surface area contributed by atoms with Crippen molar-refractivity contribution in [2.45, 2.75) is 0 Å². The average molecular weight is 283 g/mol. The maximum Gasteiger partial charge on any atom is 0.321 e. The Kier molecular flexibility index (Phi) is 3.46. The number of hydrogen-bond acceptors (Lipinski definition) is 4. The van der Waals surface area contributed by atoms with Gasteiger partial charge in [0.2, 0.25) is 0 Å². The lowest BCUT2D eigenvalue weighted by Crippen LogP contribution is -2.27. The number of carbonyl (C=O) groups is 2. The molecular weight excluding hydrogens is 270 g/mol. The minimum absolute atomic E-state index is 0.104. The molecule has 1 aromatic carbocycles. The molecule has 0 spiro atoms. The average Bonchev–Trinajstić information content (AvgIpc) is 2.95. The molecule has 2 N–H and O–H groups in total. The molecule has 2 heterocycles. The molecule has 0 saturated carbocycles. The van der Waals surface area contributed by atoms with Crippen LogP contribution < -0.4 is 15.5 Å². The second-order valence-electron chi connectivity index (χ2n) is 4.51. The Morgan fingerprint density at radius 3 is 2.52 bits per heavy atom. The third-order valence-corrected chi connectivity index (χ3v) is 3.12. The van der Waals surface area contributed by atoms with Crippen LogP contribution in [0.25, 0.3) is 0 Å². The van der Waals surface area contributed by atoms with Gasteiger partial charge >= 0.3 is 6.03 Å². The SMILES string of the molecule is O=C(Nc1ccc(N2CCNC2=O)cc1)c1cncnc1. The standard InChI is InChI=1S/C14H13N5O2/c20-13(10-7-15-9-16-8-10)18-11-1-3-12(4-2-11)19-6-5-17-14(19)21/h1-4,7-9H,5-6H2,(H,17,21)(H,18,20). The van der Waals surface area contributed by atoms with Gasteiger partial charge in [-0.05, 0) is 24.3 Å². The molecule has 0 bridgehead atoms. The van der Waals surface area contributed by atoms with Crippen LogP contribution in [0.5, 0.6) is 0 Å². The van der Waals surface area contributed by atoms with Gasteiger partial charge in [0, 0.05) is 36.9 Å². The monoisotopic (exact) mass is 283 g/mol. The number of rotatable bonds is 3. The van der Waals surface area contributed by atoms with Gasteiger partial charge in [0.15, 0.2) is 0 Å². The van der Waals surface area contributed by atoms with Crippen molar-refractivity contribution in [3.63, 3.8) is 0 Å². The number of nitrogens with one attached hydrogen (secondary N) is 2. The van der Waals surface area contributed by atoms with Crippen LogP contribution in [-0.4, -0.2) is 35.0 Å². The van der Waals surface area contributed by atoms with Crippen LogP contribution in [0.4, 0.5) is 16.2 Å². The molecule has 0 atom stereocenters. The van der Waals surface area contributed by atoms with Crippen LogP contribution in [0.1, 0.15) is 10.4 Å². The number of nitrogens with zero attached hydrogens (tertiary/aromatic N) is 3. The van der Waals surface area contributed by atoms with E-state index in [-0.39, 0.29) is 11.9 Å². The van der Waals surface area contributed by atoms with Gasteiger partial charge in [-0.1, -0.05) is 0 Å². The van der Waals surface area contributed by atoms with Gasteiger partial charge in [-0.15, -0.1) is 0 Å². The maximum absolute atomic E-state index is 11.9. The van der Waals surface area contributed by atoms with E-state index in [1.54, 1.807) is 29.2 Å². The Labute approximate surface area is 121 Å². The summed E-state index contributed by atoms with van der Waals surface area (Å²) in [5, 5.41) is 5.49. The first-order valence-electron chi connectivity index (χ1n) is 6.46. The van der Waals surface area contributed by atoms with E-state index in [2.05, 4.69) is 20.6 Å². The second-order valence-corrected chi connectivity index (χ2v) is 4.51. The fourth-order valence-corrected chi connectivity index (χ4v) is 2.06. The molecule has 0 aliphatic carbocycles. The second kappa shape index (κ2) is 5.58. The minimum Gasteiger partial charge on any atom is -0.336 e. The number of benzene rings is 1. The van der Waals surface area contributed by atoms with Gasteiger partial charge in [0.05, 0.1) is 5.56 Å². The van der Waals surface area contributed by atoms with Crippen LogP contribution in [-0.2, 0) is 0 Å². The van der Waals surface area contributed by atoms with Crippen LogP contribution >= 0.6 is 0 Å². The molecule has 7 heteroatoms. The third kappa shape index (κ3) is 2.81. The zero-order valence-electron chi connectivity index (χ0n) is 11.1. The molecule has 2 aromatic rings. The molecule has 3 rings (SSSR count). The lowest BCUT2D eigenvalue weighted by molar-refractivity contribution is 0.102. The molecule has 0 unspecified atom stereocenters. The van der Waals surface area contributed by atoms with E-state index in [1.807, 2.05) is 0 Å². The van der Waals surface area contributed by atoms with Gasteiger partial charge in [-0.2, -0.15) is 0 Å². The summed E-state index contributed by atoms with van der Waals surface area (Å²) in [4.78, 5) is 32.7. The van der Waals surface area contributed by atoms with Crippen LogP contribution in [0.2, 0.25) is 0 Å². The number of anilines is 2. The van der Waals surface area contributed by atoms with E-state index in [0.717, 1.165) is 5.69 Å². The summed E-state index contributed by atoms with van der Waals surface area (Å²) < 4.78 is 0. The molecule has 1 aromatic heterocycles. The molecule has 1 fully saturated rings. The van der Waals surface area contributed by atoms with Crippen molar-refractivity contribution in [3.8, 4) is 0 Å². The Balaban J connectivity index is 1.70. The predicted molar refractivity (Wildman–Crippen MR) is 77.2 cm³/mol. The molecule has 1 aliphatic heterocycles. The highest BCUT2D eigenvalue weighted by molar-refractivity contribution is 6.04. The zero-order valence-corrected chi connectivity index (χ0v) is 11.1. The van der Waals surface area contributed by atoms with Crippen LogP contribution in [0.15, 0.2) is 43.0 Å². The van der Waals surface area contributed by atoms with Gasteiger partial charge < -0.3 is 10.6 Å². The highest BCUT2D eigenvalue weighted by Gasteiger charge is 2.20. The predicted octanol–water partition coefficient (Wildman–Crippen LogP) is 1.26. The summed E-state index contributed by atoms with van der Waals surface area (Å²) in [5.41, 5.74) is 1.83. The maximum atomic E-state index is 11.9. The fourth-order valence-electron chi connectivity index (χ4n) is 2.06. The molecule has 1 aliphatic rings. The fraction of sp³-hybridized carbons (Fsp3) is 0.143. The number of amides is 3. The van der Waals surface area contributed by atoms with E-state index >= 15 is 0 Å². The lowest BCUT2D eigenvalue weighted by Gasteiger charge is -2.14. The Morgan fingerprint density at radius 1 is 1.19 bits per heavy atom. The van der Waals surface area contributed by atoms with E-state index in [4.69, 9.17) is 0 Å². The summed E-state index contributed by atoms with van der Waals surface area (Å²) in [6.07, 6.45) is 4.27. The van der Waals surface area contributed by atoms with Gasteiger partial charge in [0.1, 0.15) is 6.33 Å². The topological polar surface area (TPSA) is 87.2 Å². The van der Waals surface area contributed by atoms with Crippen molar-refractivity contribution < 1.29 is 9.59 Å². The Hall–Kier alpha value is -2.96. The van der Waals surface area contributed by atoms with E-state index in [1.165, 1.54) is 18.7 Å². The van der Waals surface area contributed by atoms with Crippen molar-refractivity contribution >= 4 is 23.3 Å². The molecule has 7 nitrogen and oxygen atoms in total. The molecule has 21 heavy (non-hydrogen) atoms. The quantitative estimate of drug-likeness (QED) is 0.887. The first-order valence-corrected chi connectivity index (χ1v) is 6.46. The first kappa shape index (κ1) is 13.0. The van der Waals surface area contributed by atoms with E-state index < -0.39 is 0 Å². The molecular formula is C14H13N5O2. The highest BCUT2D eigenvalue weighted by Crippen LogP contribution is 2.19. The first-order chi connectivity index (χ1) is 10.2. The minimum atomic E-state index is -0.276.